The number of rotatable bonds is 10. The highest BCUT2D eigenvalue weighted by Crippen LogP contribution is 2.40. The summed E-state index contributed by atoms with van der Waals surface area (Å²) in [7, 11) is 0. The van der Waals surface area contributed by atoms with Crippen molar-refractivity contribution in [2.45, 2.75) is 50.7 Å². The SMILES string of the molecule is C[C@@H]1Cc2cc(OCc3ccccc3)ccc2C(c2ccc(NC3CN(CCCF)C3)cn2)N1CC(F)(F)F. The van der Waals surface area contributed by atoms with E-state index in [4.69, 9.17) is 4.74 Å². The van der Waals surface area contributed by atoms with Crippen LogP contribution in [0.15, 0.2) is 66.9 Å². The molecule has 39 heavy (non-hydrogen) atoms. The highest BCUT2D eigenvalue weighted by Gasteiger charge is 2.41. The second kappa shape index (κ2) is 11.9. The zero-order chi connectivity index (χ0) is 27.4. The maximum absolute atomic E-state index is 13.6. The van der Waals surface area contributed by atoms with Crippen LogP contribution in [0, 0.1) is 0 Å². The number of hydrogen-bond acceptors (Lipinski definition) is 5. The summed E-state index contributed by atoms with van der Waals surface area (Å²) >= 11 is 0. The second-order valence-corrected chi connectivity index (χ2v) is 10.5. The molecule has 1 saturated heterocycles. The van der Waals surface area contributed by atoms with E-state index in [1.165, 1.54) is 4.90 Å². The Bertz CT molecular complexity index is 1220. The molecule has 2 aliphatic heterocycles. The van der Waals surface area contributed by atoms with Crippen LogP contribution in [-0.4, -0.2) is 65.9 Å². The monoisotopic (exact) mass is 542 g/mol. The molecule has 2 atom stereocenters. The summed E-state index contributed by atoms with van der Waals surface area (Å²) in [5.41, 5.74) is 4.24. The van der Waals surface area contributed by atoms with Crippen molar-refractivity contribution in [1.29, 1.82) is 0 Å². The van der Waals surface area contributed by atoms with Gasteiger partial charge in [0.25, 0.3) is 0 Å². The van der Waals surface area contributed by atoms with Crippen molar-refractivity contribution in [1.82, 2.24) is 14.8 Å². The normalized spacial score (nSPS) is 20.3. The van der Waals surface area contributed by atoms with Gasteiger partial charge in [0.15, 0.2) is 0 Å². The predicted molar refractivity (Wildman–Crippen MR) is 144 cm³/mol. The zero-order valence-corrected chi connectivity index (χ0v) is 22.0. The summed E-state index contributed by atoms with van der Waals surface area (Å²) < 4.78 is 59.3. The molecule has 1 N–H and O–H groups in total. The summed E-state index contributed by atoms with van der Waals surface area (Å²) in [5.74, 6) is 0.696. The minimum Gasteiger partial charge on any atom is -0.489 e. The molecule has 3 aromatic rings. The molecule has 0 amide bonds. The first-order chi connectivity index (χ1) is 18.8. The van der Waals surface area contributed by atoms with Gasteiger partial charge in [-0.25, -0.2) is 0 Å². The van der Waals surface area contributed by atoms with Crippen LogP contribution in [0.25, 0.3) is 0 Å². The lowest BCUT2D eigenvalue weighted by atomic mass is 9.86. The first kappa shape index (κ1) is 27.4. The van der Waals surface area contributed by atoms with E-state index in [0.717, 1.165) is 42.0 Å². The van der Waals surface area contributed by atoms with Gasteiger partial charge < -0.3 is 10.1 Å². The number of fused-ring (bicyclic) bond motifs is 1. The van der Waals surface area contributed by atoms with Gasteiger partial charge in [0, 0.05) is 25.7 Å². The minimum absolute atomic E-state index is 0.253. The van der Waals surface area contributed by atoms with Gasteiger partial charge in [0.1, 0.15) is 12.4 Å². The van der Waals surface area contributed by atoms with Crippen LogP contribution in [0.2, 0.25) is 0 Å². The van der Waals surface area contributed by atoms with Crippen molar-refractivity contribution in [3.63, 3.8) is 0 Å². The van der Waals surface area contributed by atoms with Crippen LogP contribution in [0.4, 0.5) is 23.2 Å². The number of aromatic nitrogens is 1. The molecule has 3 heterocycles. The first-order valence-corrected chi connectivity index (χ1v) is 13.4. The molecule has 1 fully saturated rings. The maximum Gasteiger partial charge on any atom is 0.401 e. The zero-order valence-electron chi connectivity index (χ0n) is 22.0. The second-order valence-electron chi connectivity index (χ2n) is 10.5. The van der Waals surface area contributed by atoms with E-state index in [-0.39, 0.29) is 18.8 Å². The van der Waals surface area contributed by atoms with Crippen molar-refractivity contribution in [2.75, 3.05) is 38.2 Å². The number of likely N-dealkylation sites (tertiary alicyclic amines) is 1. The molecule has 5 rings (SSSR count). The topological polar surface area (TPSA) is 40.6 Å². The number of nitrogens with zero attached hydrogens (tertiary/aromatic N) is 3. The third-order valence-corrected chi connectivity index (χ3v) is 7.43. The summed E-state index contributed by atoms with van der Waals surface area (Å²) in [6.45, 7) is 3.36. The predicted octanol–water partition coefficient (Wildman–Crippen LogP) is 6.01. The highest BCUT2D eigenvalue weighted by atomic mass is 19.4. The van der Waals surface area contributed by atoms with E-state index in [9.17, 15) is 17.6 Å². The van der Waals surface area contributed by atoms with E-state index in [1.54, 1.807) is 6.20 Å². The van der Waals surface area contributed by atoms with Gasteiger partial charge in [-0.15, -0.1) is 0 Å². The van der Waals surface area contributed by atoms with Crippen LogP contribution in [-0.2, 0) is 13.0 Å². The first-order valence-electron chi connectivity index (χ1n) is 13.4. The fourth-order valence-corrected chi connectivity index (χ4v) is 5.52. The number of hydrogen-bond donors (Lipinski definition) is 1. The van der Waals surface area contributed by atoms with Crippen LogP contribution in [0.5, 0.6) is 5.75 Å². The molecule has 5 nitrogen and oxygen atoms in total. The Labute approximate surface area is 226 Å². The van der Waals surface area contributed by atoms with Gasteiger partial charge in [-0.2, -0.15) is 13.2 Å². The summed E-state index contributed by atoms with van der Waals surface area (Å²) in [6, 6.07) is 18.5. The molecule has 0 radical (unpaired) electrons. The van der Waals surface area contributed by atoms with Gasteiger partial charge in [-0.05, 0) is 60.7 Å². The quantitative estimate of drug-likeness (QED) is 0.318. The Morgan fingerprint density at radius 1 is 1.05 bits per heavy atom. The number of halogens is 4. The molecule has 0 saturated carbocycles. The molecule has 9 heteroatoms. The lowest BCUT2D eigenvalue weighted by molar-refractivity contribution is -0.155. The molecule has 1 unspecified atom stereocenters. The molecule has 2 aromatic carbocycles. The molecule has 1 aromatic heterocycles. The largest absolute Gasteiger partial charge is 0.489 e. The van der Waals surface area contributed by atoms with Gasteiger partial charge in [0.05, 0.1) is 42.9 Å². The molecular formula is C30H34F4N4O. The average Bonchev–Trinajstić information content (AvgIpc) is 2.89. The van der Waals surface area contributed by atoms with Gasteiger partial charge in [-0.3, -0.25) is 19.2 Å². The summed E-state index contributed by atoms with van der Waals surface area (Å²) in [4.78, 5) is 8.31. The fraction of sp³-hybridized carbons (Fsp3) is 0.433. The van der Waals surface area contributed by atoms with Crippen LogP contribution < -0.4 is 10.1 Å². The van der Waals surface area contributed by atoms with Crippen LogP contribution in [0.3, 0.4) is 0 Å². The van der Waals surface area contributed by atoms with Gasteiger partial charge in [-0.1, -0.05) is 36.4 Å². The lowest BCUT2D eigenvalue weighted by Crippen LogP contribution is -2.54. The lowest BCUT2D eigenvalue weighted by Gasteiger charge is -2.42. The van der Waals surface area contributed by atoms with Crippen molar-refractivity contribution in [2.24, 2.45) is 0 Å². The maximum atomic E-state index is 13.6. The Balaban J connectivity index is 1.34. The molecule has 208 valence electrons. The number of anilines is 1. The fourth-order valence-electron chi connectivity index (χ4n) is 5.52. The van der Waals surface area contributed by atoms with Crippen LogP contribution in [0.1, 0.15) is 41.8 Å². The van der Waals surface area contributed by atoms with Crippen LogP contribution >= 0.6 is 0 Å². The Morgan fingerprint density at radius 2 is 1.85 bits per heavy atom. The summed E-state index contributed by atoms with van der Waals surface area (Å²) in [5, 5.41) is 3.42. The molecule has 2 aliphatic rings. The molecule has 0 bridgehead atoms. The number of benzene rings is 2. The Kier molecular flexibility index (Phi) is 8.37. The molecular weight excluding hydrogens is 508 g/mol. The average molecular weight is 543 g/mol. The van der Waals surface area contributed by atoms with Crippen molar-refractivity contribution in [3.05, 3.63) is 89.2 Å². The van der Waals surface area contributed by atoms with Gasteiger partial charge >= 0.3 is 6.18 Å². The Hall–Kier alpha value is -3.17. The third-order valence-electron chi connectivity index (χ3n) is 7.43. The Morgan fingerprint density at radius 3 is 2.54 bits per heavy atom. The molecule has 0 aliphatic carbocycles. The van der Waals surface area contributed by atoms with Gasteiger partial charge in [0.2, 0.25) is 0 Å². The number of alkyl halides is 4. The number of pyridine rings is 1. The highest BCUT2D eigenvalue weighted by molar-refractivity contribution is 5.47. The third kappa shape index (κ3) is 6.89. The van der Waals surface area contributed by atoms with Crippen molar-refractivity contribution in [3.8, 4) is 5.75 Å². The van der Waals surface area contributed by atoms with Crippen molar-refractivity contribution < 1.29 is 22.3 Å². The standard InChI is InChI=1S/C30H34F4N4O/c1-21-14-23-15-26(39-19-22-6-3-2-4-7-22)9-10-27(23)29(38(21)20-30(32,33)34)28-11-8-24(16-35-28)36-25-17-37(18-25)13-5-12-31/h2-4,6-11,15-16,21,25,29,36H,5,12-14,17-20H2,1H3/t21-,29?/m1/s1. The van der Waals surface area contributed by atoms with E-state index < -0.39 is 18.8 Å². The minimum atomic E-state index is -4.33. The smallest absolute Gasteiger partial charge is 0.401 e. The van der Waals surface area contributed by atoms with E-state index >= 15 is 0 Å². The summed E-state index contributed by atoms with van der Waals surface area (Å²) in [6.07, 6.45) is -1.60. The van der Waals surface area contributed by atoms with E-state index in [0.29, 0.717) is 30.9 Å². The van der Waals surface area contributed by atoms with Crippen molar-refractivity contribution >= 4 is 5.69 Å². The number of ether oxygens (including phenoxy) is 1. The number of nitrogens with one attached hydrogen (secondary N) is 1. The van der Waals surface area contributed by atoms with E-state index in [1.807, 2.05) is 67.6 Å². The molecule has 0 spiro atoms. The van der Waals surface area contributed by atoms with E-state index in [2.05, 4.69) is 15.2 Å².